The van der Waals surface area contributed by atoms with Crippen LogP contribution in [0.1, 0.15) is 34.7 Å². The summed E-state index contributed by atoms with van der Waals surface area (Å²) in [5, 5.41) is 32.1. The van der Waals surface area contributed by atoms with Gasteiger partial charge in [-0.3, -0.25) is 0 Å². The van der Waals surface area contributed by atoms with Crippen molar-refractivity contribution in [3.8, 4) is 0 Å². The lowest BCUT2D eigenvalue weighted by Gasteiger charge is -2.46. The Morgan fingerprint density at radius 2 is 1.77 bits per heavy atom. The van der Waals surface area contributed by atoms with E-state index in [-0.39, 0.29) is 13.2 Å². The summed E-state index contributed by atoms with van der Waals surface area (Å²) in [7, 11) is 1.48. The van der Waals surface area contributed by atoms with Crippen LogP contribution in [0.5, 0.6) is 0 Å². The summed E-state index contributed by atoms with van der Waals surface area (Å²) < 4.78 is 17.1. The number of fused-ring (bicyclic) bond motifs is 2. The quantitative estimate of drug-likeness (QED) is 0.669. The first kappa shape index (κ1) is 21.7. The topological polar surface area (TPSA) is 88.4 Å². The zero-order chi connectivity index (χ0) is 21.5. The van der Waals surface area contributed by atoms with E-state index >= 15 is 0 Å². The smallest absolute Gasteiger partial charge is 0.225 e. The summed E-state index contributed by atoms with van der Waals surface area (Å²) in [6, 6.07) is 11.9. The van der Waals surface area contributed by atoms with Crippen molar-refractivity contribution in [3.63, 3.8) is 0 Å². The SMILES string of the molecule is CCc1ccc(Cc2c(Cl)ccc3c2CO[C@]32O[C@H](COC)[C@@H](O)[C@H](O)[C@H]2O)cc1. The maximum Gasteiger partial charge on any atom is 0.225 e. The van der Waals surface area contributed by atoms with Crippen molar-refractivity contribution in [2.75, 3.05) is 13.7 Å². The molecule has 30 heavy (non-hydrogen) atoms. The van der Waals surface area contributed by atoms with E-state index in [4.69, 9.17) is 25.8 Å². The van der Waals surface area contributed by atoms with Crippen molar-refractivity contribution in [2.24, 2.45) is 0 Å². The summed E-state index contributed by atoms with van der Waals surface area (Å²) in [5.74, 6) is -1.58. The molecule has 2 heterocycles. The van der Waals surface area contributed by atoms with Crippen LogP contribution >= 0.6 is 11.6 Å². The molecule has 2 aromatic rings. The summed E-state index contributed by atoms with van der Waals surface area (Å²) in [6.07, 6.45) is -3.45. The van der Waals surface area contributed by atoms with Crippen molar-refractivity contribution < 1.29 is 29.5 Å². The summed E-state index contributed by atoms with van der Waals surface area (Å²) in [4.78, 5) is 0. The Morgan fingerprint density at radius 1 is 1.07 bits per heavy atom. The highest BCUT2D eigenvalue weighted by atomic mass is 35.5. The predicted octanol–water partition coefficient (Wildman–Crippen LogP) is 2.30. The second kappa shape index (κ2) is 8.55. The van der Waals surface area contributed by atoms with Crippen LogP contribution in [0, 0.1) is 0 Å². The van der Waals surface area contributed by atoms with E-state index in [0.29, 0.717) is 17.0 Å². The molecule has 2 aromatic carbocycles. The molecule has 0 radical (unpaired) electrons. The van der Waals surface area contributed by atoms with E-state index in [1.165, 1.54) is 12.7 Å². The highest BCUT2D eigenvalue weighted by molar-refractivity contribution is 6.31. The van der Waals surface area contributed by atoms with Crippen LogP contribution < -0.4 is 0 Å². The Kier molecular flexibility index (Phi) is 6.19. The van der Waals surface area contributed by atoms with E-state index < -0.39 is 30.2 Å². The van der Waals surface area contributed by atoms with Gasteiger partial charge in [-0.25, -0.2) is 0 Å². The highest BCUT2D eigenvalue weighted by Crippen LogP contribution is 2.48. The highest BCUT2D eigenvalue weighted by Gasteiger charge is 2.58. The average Bonchev–Trinajstić information content (AvgIpc) is 3.12. The fourth-order valence-corrected chi connectivity index (χ4v) is 4.58. The van der Waals surface area contributed by atoms with Crippen molar-refractivity contribution in [3.05, 3.63) is 69.2 Å². The Balaban J connectivity index is 1.72. The fourth-order valence-electron chi connectivity index (χ4n) is 4.34. The van der Waals surface area contributed by atoms with Crippen LogP contribution in [0.4, 0.5) is 0 Å². The van der Waals surface area contributed by atoms with Crippen LogP contribution in [0.3, 0.4) is 0 Å². The molecule has 4 rings (SSSR count). The zero-order valence-corrected chi connectivity index (χ0v) is 17.8. The number of ether oxygens (including phenoxy) is 3. The lowest BCUT2D eigenvalue weighted by Crippen LogP contribution is -2.63. The minimum Gasteiger partial charge on any atom is -0.387 e. The molecule has 2 aliphatic rings. The molecular formula is C23H27ClO6. The Morgan fingerprint density at radius 3 is 2.43 bits per heavy atom. The number of methoxy groups -OCH3 is 1. The average molecular weight is 435 g/mol. The number of benzene rings is 2. The van der Waals surface area contributed by atoms with Crippen molar-refractivity contribution >= 4 is 11.6 Å². The number of aryl methyl sites for hydroxylation is 1. The van der Waals surface area contributed by atoms with Crippen LogP contribution in [0.15, 0.2) is 36.4 Å². The first-order chi connectivity index (χ1) is 14.4. The van der Waals surface area contributed by atoms with Crippen molar-refractivity contribution in [1.29, 1.82) is 0 Å². The molecule has 162 valence electrons. The number of hydrogen-bond acceptors (Lipinski definition) is 6. The van der Waals surface area contributed by atoms with Gasteiger partial charge in [0, 0.05) is 17.7 Å². The van der Waals surface area contributed by atoms with Gasteiger partial charge in [0.1, 0.15) is 24.4 Å². The Labute approximate surface area is 181 Å². The molecular weight excluding hydrogens is 408 g/mol. The fraction of sp³-hybridized carbons (Fsp3) is 0.478. The third kappa shape index (κ3) is 3.56. The van der Waals surface area contributed by atoms with Gasteiger partial charge in [0.25, 0.3) is 0 Å². The minimum atomic E-state index is -1.58. The monoisotopic (exact) mass is 434 g/mol. The molecule has 0 amide bonds. The lowest BCUT2D eigenvalue weighted by molar-refractivity contribution is -0.369. The van der Waals surface area contributed by atoms with Gasteiger partial charge in [-0.15, -0.1) is 0 Å². The van der Waals surface area contributed by atoms with E-state index in [9.17, 15) is 15.3 Å². The second-order valence-electron chi connectivity index (χ2n) is 7.89. The summed E-state index contributed by atoms with van der Waals surface area (Å²) >= 11 is 6.54. The molecule has 0 aliphatic carbocycles. The summed E-state index contributed by atoms with van der Waals surface area (Å²) in [5.41, 5.74) is 4.73. The van der Waals surface area contributed by atoms with Gasteiger partial charge in [0.2, 0.25) is 5.79 Å². The number of hydrogen-bond donors (Lipinski definition) is 3. The number of aliphatic hydroxyl groups excluding tert-OH is 3. The zero-order valence-electron chi connectivity index (χ0n) is 17.0. The third-order valence-electron chi connectivity index (χ3n) is 6.09. The predicted molar refractivity (Wildman–Crippen MR) is 111 cm³/mol. The Bertz CT molecular complexity index is 901. The normalized spacial score (nSPS) is 30.6. The van der Waals surface area contributed by atoms with Gasteiger partial charge in [-0.05, 0) is 41.2 Å². The molecule has 5 atom stereocenters. The Hall–Kier alpha value is -1.51. The molecule has 1 saturated heterocycles. The molecule has 0 unspecified atom stereocenters. The maximum absolute atomic E-state index is 10.8. The first-order valence-corrected chi connectivity index (χ1v) is 10.5. The standard InChI is InChI=1S/C23H27ClO6/c1-3-13-4-6-14(7-5-13)10-15-16-11-29-23(17(16)8-9-18(15)24)22(27)21(26)20(25)19(30-23)12-28-2/h4-9,19-22,25-27H,3,10-12H2,1-2H3/t19-,20-,21+,22-,23+/m1/s1. The van der Waals surface area contributed by atoms with Gasteiger partial charge < -0.3 is 29.5 Å². The van der Waals surface area contributed by atoms with Gasteiger partial charge in [0.15, 0.2) is 0 Å². The number of halogens is 1. The second-order valence-corrected chi connectivity index (χ2v) is 8.30. The van der Waals surface area contributed by atoms with E-state index in [2.05, 4.69) is 31.2 Å². The molecule has 2 aliphatic heterocycles. The van der Waals surface area contributed by atoms with Crippen LogP contribution in [-0.2, 0) is 39.4 Å². The molecule has 3 N–H and O–H groups in total. The first-order valence-electron chi connectivity index (χ1n) is 10.1. The van der Waals surface area contributed by atoms with E-state index in [1.807, 2.05) is 0 Å². The van der Waals surface area contributed by atoms with Gasteiger partial charge in [-0.2, -0.15) is 0 Å². The molecule has 0 bridgehead atoms. The van der Waals surface area contributed by atoms with E-state index in [0.717, 1.165) is 23.1 Å². The number of rotatable bonds is 5. The van der Waals surface area contributed by atoms with E-state index in [1.54, 1.807) is 12.1 Å². The molecule has 7 heteroatoms. The summed E-state index contributed by atoms with van der Waals surface area (Å²) in [6.45, 7) is 2.35. The minimum absolute atomic E-state index is 0.0512. The largest absolute Gasteiger partial charge is 0.387 e. The molecule has 0 saturated carbocycles. The maximum atomic E-state index is 10.8. The van der Waals surface area contributed by atoms with Crippen molar-refractivity contribution in [2.45, 2.75) is 56.6 Å². The van der Waals surface area contributed by atoms with Crippen LogP contribution in [-0.4, -0.2) is 53.5 Å². The lowest BCUT2D eigenvalue weighted by atomic mass is 9.86. The van der Waals surface area contributed by atoms with Crippen LogP contribution in [0.2, 0.25) is 5.02 Å². The van der Waals surface area contributed by atoms with Gasteiger partial charge >= 0.3 is 0 Å². The third-order valence-corrected chi connectivity index (χ3v) is 6.45. The molecule has 6 nitrogen and oxygen atoms in total. The van der Waals surface area contributed by atoms with Gasteiger partial charge in [0.05, 0.1) is 13.2 Å². The number of aliphatic hydroxyl groups is 3. The van der Waals surface area contributed by atoms with Crippen LogP contribution in [0.25, 0.3) is 0 Å². The van der Waals surface area contributed by atoms with Crippen molar-refractivity contribution in [1.82, 2.24) is 0 Å². The molecule has 1 fully saturated rings. The molecule has 1 spiro atoms. The van der Waals surface area contributed by atoms with Gasteiger partial charge in [-0.1, -0.05) is 48.9 Å². The molecule has 0 aromatic heterocycles.